The maximum absolute atomic E-state index is 13.5. The summed E-state index contributed by atoms with van der Waals surface area (Å²) in [4.78, 5) is 19.6. The number of benzene rings is 2. The van der Waals surface area contributed by atoms with Crippen molar-refractivity contribution < 1.29 is 19.0 Å². The zero-order valence-corrected chi connectivity index (χ0v) is 19.5. The van der Waals surface area contributed by atoms with Crippen LogP contribution in [0.2, 0.25) is 0 Å². The van der Waals surface area contributed by atoms with Gasteiger partial charge in [-0.05, 0) is 52.9 Å². The Morgan fingerprint density at radius 2 is 1.53 bits per heavy atom. The van der Waals surface area contributed by atoms with E-state index in [-0.39, 0.29) is 17.9 Å². The van der Waals surface area contributed by atoms with Crippen molar-refractivity contribution in [2.24, 2.45) is 0 Å². The van der Waals surface area contributed by atoms with Crippen LogP contribution >= 0.6 is 0 Å². The Kier molecular flexibility index (Phi) is 7.03. The van der Waals surface area contributed by atoms with Gasteiger partial charge in [0.15, 0.2) is 11.5 Å². The van der Waals surface area contributed by atoms with Crippen LogP contribution in [-0.4, -0.2) is 32.2 Å². The van der Waals surface area contributed by atoms with E-state index in [2.05, 4.69) is 25.8 Å². The number of aromatic nitrogens is 1. The fourth-order valence-corrected chi connectivity index (χ4v) is 3.45. The number of pyridine rings is 1. The van der Waals surface area contributed by atoms with Gasteiger partial charge in [-0.1, -0.05) is 39.0 Å². The summed E-state index contributed by atoms with van der Waals surface area (Å²) in [5.41, 5.74) is 2.60. The molecular formula is C26H30N2O4. The Morgan fingerprint density at radius 3 is 2.00 bits per heavy atom. The first-order valence-corrected chi connectivity index (χ1v) is 10.4. The predicted octanol–water partition coefficient (Wildman–Crippen LogP) is 5.25. The van der Waals surface area contributed by atoms with Crippen LogP contribution in [0.3, 0.4) is 0 Å². The van der Waals surface area contributed by atoms with Gasteiger partial charge in [-0.25, -0.2) is 4.98 Å². The number of hydrogen-bond donors (Lipinski definition) is 0. The van der Waals surface area contributed by atoms with Gasteiger partial charge in [-0.3, -0.25) is 9.69 Å². The maximum atomic E-state index is 13.5. The fraction of sp³-hybridized carbons (Fsp3) is 0.308. The molecule has 0 aliphatic carbocycles. The number of ether oxygens (including phenoxy) is 3. The molecule has 6 heteroatoms. The Balaban J connectivity index is 2.00. The zero-order chi connectivity index (χ0) is 23.3. The predicted molar refractivity (Wildman–Crippen MR) is 126 cm³/mol. The van der Waals surface area contributed by atoms with Gasteiger partial charge in [-0.15, -0.1) is 0 Å². The van der Waals surface area contributed by atoms with Crippen molar-refractivity contribution in [2.45, 2.75) is 32.7 Å². The fourth-order valence-electron chi connectivity index (χ4n) is 3.45. The summed E-state index contributed by atoms with van der Waals surface area (Å²) in [7, 11) is 4.70. The van der Waals surface area contributed by atoms with E-state index in [0.29, 0.717) is 28.6 Å². The third kappa shape index (κ3) is 5.02. The molecule has 0 saturated carbocycles. The molecule has 6 nitrogen and oxygen atoms in total. The van der Waals surface area contributed by atoms with E-state index >= 15 is 0 Å². The SMILES string of the molecule is COc1cc(CN(C(=O)c2ccc(C(C)(C)C)cc2)c2ccccn2)cc(OC)c1OC. The third-order valence-corrected chi connectivity index (χ3v) is 5.23. The van der Waals surface area contributed by atoms with Gasteiger partial charge in [0.05, 0.1) is 27.9 Å². The highest BCUT2D eigenvalue weighted by Gasteiger charge is 2.22. The van der Waals surface area contributed by atoms with Crippen LogP contribution in [0.1, 0.15) is 42.3 Å². The van der Waals surface area contributed by atoms with Crippen LogP contribution in [0.25, 0.3) is 0 Å². The van der Waals surface area contributed by atoms with E-state index < -0.39 is 0 Å². The molecule has 3 aromatic rings. The van der Waals surface area contributed by atoms with Crippen LogP contribution in [0.5, 0.6) is 17.2 Å². The van der Waals surface area contributed by atoms with Gasteiger partial charge in [0.2, 0.25) is 5.75 Å². The molecule has 1 heterocycles. The molecule has 1 amide bonds. The number of nitrogens with zero attached hydrogens (tertiary/aromatic N) is 2. The van der Waals surface area contributed by atoms with Gasteiger partial charge >= 0.3 is 0 Å². The first kappa shape index (κ1) is 23.1. The maximum Gasteiger partial charge on any atom is 0.259 e. The second-order valence-corrected chi connectivity index (χ2v) is 8.44. The van der Waals surface area contributed by atoms with Crippen molar-refractivity contribution >= 4 is 11.7 Å². The monoisotopic (exact) mass is 434 g/mol. The minimum atomic E-state index is -0.141. The summed E-state index contributed by atoms with van der Waals surface area (Å²) in [6, 6.07) is 16.9. The van der Waals surface area contributed by atoms with Crippen molar-refractivity contribution in [1.82, 2.24) is 4.98 Å². The van der Waals surface area contributed by atoms with Crippen molar-refractivity contribution in [3.8, 4) is 17.2 Å². The van der Waals surface area contributed by atoms with E-state index in [4.69, 9.17) is 14.2 Å². The van der Waals surface area contributed by atoms with E-state index in [1.165, 1.54) is 5.56 Å². The van der Waals surface area contributed by atoms with Crippen molar-refractivity contribution in [1.29, 1.82) is 0 Å². The van der Waals surface area contributed by atoms with E-state index in [9.17, 15) is 4.79 Å². The topological polar surface area (TPSA) is 60.9 Å². The molecule has 0 fully saturated rings. The molecule has 0 aliphatic rings. The highest BCUT2D eigenvalue weighted by molar-refractivity contribution is 6.05. The molecular weight excluding hydrogens is 404 g/mol. The third-order valence-electron chi connectivity index (χ3n) is 5.23. The normalized spacial score (nSPS) is 11.1. The van der Waals surface area contributed by atoms with Crippen LogP contribution in [-0.2, 0) is 12.0 Å². The molecule has 32 heavy (non-hydrogen) atoms. The lowest BCUT2D eigenvalue weighted by Gasteiger charge is -2.24. The number of amides is 1. The first-order valence-electron chi connectivity index (χ1n) is 10.4. The van der Waals surface area contributed by atoms with Gasteiger partial charge < -0.3 is 14.2 Å². The minimum Gasteiger partial charge on any atom is -0.493 e. The smallest absolute Gasteiger partial charge is 0.259 e. The Labute approximate surface area is 189 Å². The number of anilines is 1. The van der Waals surface area contributed by atoms with E-state index in [1.807, 2.05) is 54.6 Å². The van der Waals surface area contributed by atoms with Gasteiger partial charge in [0.1, 0.15) is 5.82 Å². The summed E-state index contributed by atoms with van der Waals surface area (Å²) < 4.78 is 16.4. The van der Waals surface area contributed by atoms with E-state index in [1.54, 1.807) is 32.4 Å². The van der Waals surface area contributed by atoms with E-state index in [0.717, 1.165) is 5.56 Å². The molecule has 3 rings (SSSR count). The molecule has 0 unspecified atom stereocenters. The molecule has 0 saturated heterocycles. The van der Waals surface area contributed by atoms with Crippen molar-refractivity contribution in [2.75, 3.05) is 26.2 Å². The Bertz CT molecular complexity index is 1030. The molecule has 2 aromatic carbocycles. The van der Waals surface area contributed by atoms with Crippen LogP contribution < -0.4 is 19.1 Å². The summed E-state index contributed by atoms with van der Waals surface area (Å²) in [5, 5.41) is 0. The highest BCUT2D eigenvalue weighted by Crippen LogP contribution is 2.38. The summed E-state index contributed by atoms with van der Waals surface area (Å²) in [5.74, 6) is 1.99. The molecule has 168 valence electrons. The number of carbonyl (C=O) groups is 1. The number of methoxy groups -OCH3 is 3. The Hall–Kier alpha value is -3.54. The molecule has 1 aromatic heterocycles. The molecule has 0 spiro atoms. The lowest BCUT2D eigenvalue weighted by Crippen LogP contribution is -2.31. The lowest BCUT2D eigenvalue weighted by atomic mass is 9.86. The van der Waals surface area contributed by atoms with Crippen LogP contribution in [0.4, 0.5) is 5.82 Å². The number of hydrogen-bond acceptors (Lipinski definition) is 5. The summed E-state index contributed by atoms with van der Waals surface area (Å²) >= 11 is 0. The minimum absolute atomic E-state index is 0.0124. The van der Waals surface area contributed by atoms with Crippen molar-refractivity contribution in [3.63, 3.8) is 0 Å². The average molecular weight is 435 g/mol. The largest absolute Gasteiger partial charge is 0.493 e. The molecule has 0 radical (unpaired) electrons. The highest BCUT2D eigenvalue weighted by atomic mass is 16.5. The van der Waals surface area contributed by atoms with Gasteiger partial charge in [0.25, 0.3) is 5.91 Å². The average Bonchev–Trinajstić information content (AvgIpc) is 2.81. The number of rotatable bonds is 7. The summed E-state index contributed by atoms with van der Waals surface area (Å²) in [6.07, 6.45) is 1.67. The molecule has 0 bridgehead atoms. The van der Waals surface area contributed by atoms with Gasteiger partial charge in [0, 0.05) is 11.8 Å². The second-order valence-electron chi connectivity index (χ2n) is 8.44. The van der Waals surface area contributed by atoms with Crippen molar-refractivity contribution in [3.05, 3.63) is 77.5 Å². The molecule has 0 aliphatic heterocycles. The second kappa shape index (κ2) is 9.73. The molecule has 0 N–H and O–H groups in total. The van der Waals surface area contributed by atoms with Gasteiger partial charge in [-0.2, -0.15) is 0 Å². The van der Waals surface area contributed by atoms with Crippen LogP contribution in [0.15, 0.2) is 60.8 Å². The first-order chi connectivity index (χ1) is 15.3. The Morgan fingerprint density at radius 1 is 0.906 bits per heavy atom. The molecule has 0 atom stereocenters. The number of carbonyl (C=O) groups excluding carboxylic acids is 1. The standard InChI is InChI=1S/C26H30N2O4/c1-26(2,3)20-12-10-19(11-13-20)25(29)28(23-9-7-8-14-27-23)17-18-15-21(30-4)24(32-6)22(16-18)31-5/h7-16H,17H2,1-6H3. The summed E-state index contributed by atoms with van der Waals surface area (Å²) in [6.45, 7) is 6.73. The quantitative estimate of drug-likeness (QED) is 0.508. The lowest BCUT2D eigenvalue weighted by molar-refractivity contribution is 0.0984. The van der Waals surface area contributed by atoms with Crippen LogP contribution in [0, 0.1) is 0 Å². The zero-order valence-electron chi connectivity index (χ0n) is 19.5.